The lowest BCUT2D eigenvalue weighted by molar-refractivity contribution is 0.0846. The highest BCUT2D eigenvalue weighted by Gasteiger charge is 2.19. The fourth-order valence-electron chi connectivity index (χ4n) is 3.08. The molecule has 3 rings (SSSR count). The van der Waals surface area contributed by atoms with Crippen molar-refractivity contribution >= 4 is 27.5 Å². The minimum atomic E-state index is -4.02. The number of hydrogen-bond acceptors (Lipinski definition) is 7. The fourth-order valence-corrected chi connectivity index (χ4v) is 4.19. The van der Waals surface area contributed by atoms with Gasteiger partial charge in [-0.05, 0) is 55.5 Å². The first kappa shape index (κ1) is 25.4. The van der Waals surface area contributed by atoms with E-state index in [9.17, 15) is 18.0 Å². The average Bonchev–Trinajstić information content (AvgIpc) is 2.87. The van der Waals surface area contributed by atoms with E-state index in [-0.39, 0.29) is 21.7 Å². The molecule has 184 valence electrons. The van der Waals surface area contributed by atoms with Gasteiger partial charge in [-0.3, -0.25) is 25.2 Å². The second-order valence-electron chi connectivity index (χ2n) is 7.04. The van der Waals surface area contributed by atoms with E-state index < -0.39 is 21.8 Å². The Morgan fingerprint density at radius 2 is 1.43 bits per heavy atom. The molecule has 3 aromatic rings. The lowest BCUT2D eigenvalue weighted by Crippen LogP contribution is -2.41. The van der Waals surface area contributed by atoms with Gasteiger partial charge in [-0.1, -0.05) is 18.2 Å². The SMILES string of the molecule is CCOc1ccc(C(=O)NNC(=O)c2cccc(S(=O)(=O)Nc3ccccc3OC)c2)cc1OC. The van der Waals surface area contributed by atoms with E-state index in [4.69, 9.17) is 14.2 Å². The van der Waals surface area contributed by atoms with Crippen LogP contribution < -0.4 is 29.8 Å². The number of nitrogens with one attached hydrogen (secondary N) is 3. The van der Waals surface area contributed by atoms with Crippen LogP contribution in [-0.4, -0.2) is 41.1 Å². The summed E-state index contributed by atoms with van der Waals surface area (Å²) in [6.45, 7) is 2.26. The monoisotopic (exact) mass is 499 g/mol. The summed E-state index contributed by atoms with van der Waals surface area (Å²) in [4.78, 5) is 24.9. The number of sulfonamides is 1. The molecule has 11 heteroatoms. The van der Waals surface area contributed by atoms with Gasteiger partial charge in [0.05, 0.1) is 31.4 Å². The second kappa shape index (κ2) is 11.3. The number of carbonyl (C=O) groups is 2. The molecule has 0 aliphatic heterocycles. The number of hydrogen-bond donors (Lipinski definition) is 3. The Kier molecular flexibility index (Phi) is 8.16. The molecule has 0 heterocycles. The highest BCUT2D eigenvalue weighted by Crippen LogP contribution is 2.28. The van der Waals surface area contributed by atoms with E-state index in [2.05, 4.69) is 15.6 Å². The highest BCUT2D eigenvalue weighted by atomic mass is 32.2. The molecule has 0 saturated carbocycles. The molecular formula is C24H25N3O7S. The lowest BCUT2D eigenvalue weighted by atomic mass is 10.2. The zero-order chi connectivity index (χ0) is 25.4. The van der Waals surface area contributed by atoms with Crippen molar-refractivity contribution in [2.75, 3.05) is 25.5 Å². The van der Waals surface area contributed by atoms with E-state index in [1.54, 1.807) is 30.3 Å². The number of benzene rings is 3. The summed E-state index contributed by atoms with van der Waals surface area (Å²) in [7, 11) is -1.14. The molecule has 0 spiro atoms. The van der Waals surface area contributed by atoms with Crippen LogP contribution in [0.3, 0.4) is 0 Å². The molecule has 0 saturated heterocycles. The molecule has 35 heavy (non-hydrogen) atoms. The minimum Gasteiger partial charge on any atom is -0.495 e. The molecule has 0 aromatic heterocycles. The number of methoxy groups -OCH3 is 2. The minimum absolute atomic E-state index is 0.0254. The van der Waals surface area contributed by atoms with Gasteiger partial charge in [0.25, 0.3) is 21.8 Å². The van der Waals surface area contributed by atoms with E-state index in [0.29, 0.717) is 23.9 Å². The summed E-state index contributed by atoms with van der Waals surface area (Å²) in [6.07, 6.45) is 0. The molecule has 0 aliphatic carbocycles. The molecule has 10 nitrogen and oxygen atoms in total. The largest absolute Gasteiger partial charge is 0.495 e. The zero-order valence-electron chi connectivity index (χ0n) is 19.3. The van der Waals surface area contributed by atoms with Crippen LogP contribution in [0.25, 0.3) is 0 Å². The van der Waals surface area contributed by atoms with Gasteiger partial charge < -0.3 is 14.2 Å². The average molecular weight is 500 g/mol. The lowest BCUT2D eigenvalue weighted by Gasteiger charge is -2.13. The number of para-hydroxylation sites is 2. The Morgan fingerprint density at radius 3 is 2.09 bits per heavy atom. The second-order valence-corrected chi connectivity index (χ2v) is 8.72. The summed E-state index contributed by atoms with van der Waals surface area (Å²) in [6, 6.07) is 16.5. The van der Waals surface area contributed by atoms with Gasteiger partial charge in [0.15, 0.2) is 11.5 Å². The zero-order valence-corrected chi connectivity index (χ0v) is 20.1. The van der Waals surface area contributed by atoms with E-state index in [0.717, 1.165) is 0 Å². The first-order chi connectivity index (χ1) is 16.8. The molecule has 3 aromatic carbocycles. The molecule has 0 bridgehead atoms. The smallest absolute Gasteiger partial charge is 0.269 e. The number of ether oxygens (including phenoxy) is 3. The summed E-state index contributed by atoms with van der Waals surface area (Å²) in [5.74, 6) is -0.105. The van der Waals surface area contributed by atoms with Crippen LogP contribution in [0.2, 0.25) is 0 Å². The molecule has 2 amide bonds. The Bertz CT molecular complexity index is 1330. The van der Waals surface area contributed by atoms with Crippen molar-refractivity contribution in [2.45, 2.75) is 11.8 Å². The summed E-state index contributed by atoms with van der Waals surface area (Å²) >= 11 is 0. The standard InChI is InChI=1S/C24H25N3O7S/c1-4-34-21-13-12-17(15-22(21)33-3)24(29)26-25-23(28)16-8-7-9-18(14-16)35(30,31)27-19-10-5-6-11-20(19)32-2/h5-15,27H,4H2,1-3H3,(H,25,28)(H,26,29). The number of amides is 2. The van der Waals surface area contributed by atoms with Crippen molar-refractivity contribution in [2.24, 2.45) is 0 Å². The molecule has 0 radical (unpaired) electrons. The van der Waals surface area contributed by atoms with Crippen LogP contribution in [0.5, 0.6) is 17.2 Å². The van der Waals surface area contributed by atoms with E-state index in [1.165, 1.54) is 50.6 Å². The molecular weight excluding hydrogens is 474 g/mol. The molecule has 0 aliphatic rings. The number of hydrazine groups is 1. The molecule has 0 fully saturated rings. The molecule has 0 unspecified atom stereocenters. The molecule has 3 N–H and O–H groups in total. The topological polar surface area (TPSA) is 132 Å². The first-order valence-electron chi connectivity index (χ1n) is 10.5. The van der Waals surface area contributed by atoms with Gasteiger partial charge in [0, 0.05) is 11.1 Å². The first-order valence-corrected chi connectivity index (χ1v) is 11.9. The Hall–Kier alpha value is -4.25. The van der Waals surface area contributed by atoms with Crippen LogP contribution in [0.4, 0.5) is 5.69 Å². The van der Waals surface area contributed by atoms with Crippen molar-refractivity contribution in [1.82, 2.24) is 10.9 Å². The van der Waals surface area contributed by atoms with Crippen molar-refractivity contribution < 1.29 is 32.2 Å². The van der Waals surface area contributed by atoms with Crippen LogP contribution in [0, 0.1) is 0 Å². The van der Waals surface area contributed by atoms with Crippen molar-refractivity contribution in [3.63, 3.8) is 0 Å². The fraction of sp³-hybridized carbons (Fsp3) is 0.167. The van der Waals surface area contributed by atoms with Gasteiger partial charge >= 0.3 is 0 Å². The van der Waals surface area contributed by atoms with Crippen molar-refractivity contribution in [3.8, 4) is 17.2 Å². The Balaban J connectivity index is 1.70. The normalized spacial score (nSPS) is 10.7. The van der Waals surface area contributed by atoms with Crippen LogP contribution in [0.1, 0.15) is 27.6 Å². The predicted molar refractivity (Wildman–Crippen MR) is 129 cm³/mol. The van der Waals surface area contributed by atoms with Gasteiger partial charge in [-0.25, -0.2) is 8.42 Å². The summed E-state index contributed by atoms with van der Waals surface area (Å²) in [5.41, 5.74) is 5.08. The van der Waals surface area contributed by atoms with Crippen molar-refractivity contribution in [3.05, 3.63) is 77.9 Å². The van der Waals surface area contributed by atoms with Gasteiger partial charge in [0.1, 0.15) is 5.75 Å². The van der Waals surface area contributed by atoms with Crippen molar-refractivity contribution in [1.29, 1.82) is 0 Å². The van der Waals surface area contributed by atoms with E-state index in [1.807, 2.05) is 6.92 Å². The quantitative estimate of drug-likeness (QED) is 0.386. The summed E-state index contributed by atoms with van der Waals surface area (Å²) in [5, 5.41) is 0. The van der Waals surface area contributed by atoms with E-state index >= 15 is 0 Å². The number of carbonyl (C=O) groups excluding carboxylic acids is 2. The maximum Gasteiger partial charge on any atom is 0.269 e. The molecule has 0 atom stereocenters. The van der Waals surface area contributed by atoms with Crippen LogP contribution in [-0.2, 0) is 10.0 Å². The number of anilines is 1. The Labute approximate surface area is 203 Å². The third kappa shape index (κ3) is 6.21. The third-order valence-corrected chi connectivity index (χ3v) is 6.14. The van der Waals surface area contributed by atoms with Crippen LogP contribution >= 0.6 is 0 Å². The maximum atomic E-state index is 12.8. The maximum absolute atomic E-state index is 12.8. The van der Waals surface area contributed by atoms with Crippen LogP contribution in [0.15, 0.2) is 71.6 Å². The third-order valence-electron chi connectivity index (χ3n) is 4.77. The Morgan fingerprint density at radius 1 is 0.771 bits per heavy atom. The number of rotatable bonds is 9. The highest BCUT2D eigenvalue weighted by molar-refractivity contribution is 7.92. The predicted octanol–water partition coefficient (Wildman–Crippen LogP) is 2.98. The van der Waals surface area contributed by atoms with Gasteiger partial charge in [-0.15, -0.1) is 0 Å². The van der Waals surface area contributed by atoms with Gasteiger partial charge in [0.2, 0.25) is 0 Å². The van der Waals surface area contributed by atoms with Gasteiger partial charge in [-0.2, -0.15) is 0 Å². The summed E-state index contributed by atoms with van der Waals surface area (Å²) < 4.78 is 43.9.